The van der Waals surface area contributed by atoms with Crippen molar-refractivity contribution in [3.63, 3.8) is 0 Å². The van der Waals surface area contributed by atoms with E-state index in [9.17, 15) is 17.8 Å². The van der Waals surface area contributed by atoms with Crippen LogP contribution in [0, 0.1) is 0 Å². The molecule has 0 spiro atoms. The summed E-state index contributed by atoms with van der Waals surface area (Å²) in [6, 6.07) is 0. The molecule has 0 bridgehead atoms. The van der Waals surface area contributed by atoms with Gasteiger partial charge in [0.1, 0.15) is 5.25 Å². The smallest absolute Gasteiger partial charge is 0.272 e. The highest BCUT2D eigenvalue weighted by atomic mass is 32.2. The minimum absolute atomic E-state index is 0.193. The monoisotopic (exact) mass is 375 g/mol. The predicted molar refractivity (Wildman–Crippen MR) is 104 cm³/mol. The van der Waals surface area contributed by atoms with Crippen molar-refractivity contribution in [1.82, 2.24) is 0 Å². The van der Waals surface area contributed by atoms with Gasteiger partial charge in [0, 0.05) is 5.57 Å². The van der Waals surface area contributed by atoms with E-state index >= 15 is 0 Å². The molecule has 0 saturated carbocycles. The molecule has 148 valence electrons. The molecule has 0 heterocycles. The summed E-state index contributed by atoms with van der Waals surface area (Å²) < 4.78 is 31.8. The van der Waals surface area contributed by atoms with Gasteiger partial charge in [-0.25, -0.2) is 0 Å². The van der Waals surface area contributed by atoms with Crippen LogP contribution in [0.3, 0.4) is 0 Å². The number of carbonyl (C=O) groups excluding carboxylic acids is 1. The van der Waals surface area contributed by atoms with E-state index in [2.05, 4.69) is 13.5 Å². The average molecular weight is 376 g/mol. The van der Waals surface area contributed by atoms with E-state index in [0.29, 0.717) is 6.42 Å². The highest BCUT2D eigenvalue weighted by molar-refractivity contribution is 7.86. The molecule has 1 amide bonds. The molecule has 0 fully saturated rings. The van der Waals surface area contributed by atoms with Gasteiger partial charge in [-0.15, -0.1) is 0 Å². The standard InChI is InChI=1S/C19H37NO4S/c1-3-4-5-6-7-8-9-10-11-12-13-14-15-16-18(25(22,23)24)17(2)19(20)21/h18H,2-16H2,1H3,(H2,20,21)(H,22,23,24). The molecule has 0 saturated heterocycles. The SMILES string of the molecule is C=C(C(N)=O)C(CCCCCCCCCCCCCCC)S(=O)(=O)O. The van der Waals surface area contributed by atoms with Crippen molar-refractivity contribution in [2.75, 3.05) is 0 Å². The Balaban J connectivity index is 3.65. The number of nitrogens with two attached hydrogens (primary N) is 1. The number of amides is 1. The molecule has 6 heteroatoms. The van der Waals surface area contributed by atoms with Crippen LogP contribution in [0.5, 0.6) is 0 Å². The van der Waals surface area contributed by atoms with Crippen LogP contribution in [-0.4, -0.2) is 24.1 Å². The van der Waals surface area contributed by atoms with E-state index in [1.165, 1.54) is 57.8 Å². The number of hydrogen-bond acceptors (Lipinski definition) is 3. The molecule has 5 nitrogen and oxygen atoms in total. The molecule has 3 N–H and O–H groups in total. The molecule has 0 aromatic carbocycles. The Morgan fingerprint density at radius 3 is 1.56 bits per heavy atom. The van der Waals surface area contributed by atoms with Crippen molar-refractivity contribution in [2.24, 2.45) is 5.73 Å². The number of unbranched alkanes of at least 4 members (excludes halogenated alkanes) is 12. The van der Waals surface area contributed by atoms with Gasteiger partial charge >= 0.3 is 0 Å². The second kappa shape index (κ2) is 14.3. The second-order valence-electron chi connectivity index (χ2n) is 6.92. The summed E-state index contributed by atoms with van der Waals surface area (Å²) in [4.78, 5) is 11.1. The first kappa shape index (κ1) is 24.1. The summed E-state index contributed by atoms with van der Waals surface area (Å²) in [6.45, 7) is 5.62. The van der Waals surface area contributed by atoms with Crippen LogP contribution in [0.1, 0.15) is 96.8 Å². The van der Waals surface area contributed by atoms with Crippen LogP contribution in [0.2, 0.25) is 0 Å². The van der Waals surface area contributed by atoms with Crippen molar-refractivity contribution >= 4 is 16.0 Å². The lowest BCUT2D eigenvalue weighted by atomic mass is 10.0. The van der Waals surface area contributed by atoms with Crippen LogP contribution >= 0.6 is 0 Å². The van der Waals surface area contributed by atoms with Crippen molar-refractivity contribution in [2.45, 2.75) is 102 Å². The van der Waals surface area contributed by atoms with Gasteiger partial charge in [-0.1, -0.05) is 97.0 Å². The number of rotatable bonds is 17. The molecular formula is C19H37NO4S. The Bertz CT molecular complexity index is 474. The van der Waals surface area contributed by atoms with Crippen molar-refractivity contribution < 1.29 is 17.8 Å². The van der Waals surface area contributed by atoms with Gasteiger partial charge in [-0.2, -0.15) is 8.42 Å². The maximum atomic E-state index is 11.3. The zero-order valence-corrected chi connectivity index (χ0v) is 16.7. The highest BCUT2D eigenvalue weighted by Gasteiger charge is 2.28. The molecule has 0 rings (SSSR count). The Morgan fingerprint density at radius 2 is 1.24 bits per heavy atom. The van der Waals surface area contributed by atoms with Gasteiger partial charge in [-0.3, -0.25) is 9.35 Å². The van der Waals surface area contributed by atoms with Gasteiger partial charge in [0.05, 0.1) is 0 Å². The van der Waals surface area contributed by atoms with Gasteiger partial charge in [0.15, 0.2) is 0 Å². The third-order valence-corrected chi connectivity index (χ3v) is 5.87. The zero-order valence-electron chi connectivity index (χ0n) is 15.8. The summed E-state index contributed by atoms with van der Waals surface area (Å²) in [7, 11) is -4.33. The molecule has 25 heavy (non-hydrogen) atoms. The molecule has 0 radical (unpaired) electrons. The van der Waals surface area contributed by atoms with E-state index < -0.39 is 21.3 Å². The Morgan fingerprint density at radius 1 is 0.880 bits per heavy atom. The summed E-state index contributed by atoms with van der Waals surface area (Å²) in [5.41, 5.74) is 4.83. The lowest BCUT2D eigenvalue weighted by molar-refractivity contribution is -0.114. The van der Waals surface area contributed by atoms with Crippen molar-refractivity contribution in [1.29, 1.82) is 0 Å². The van der Waals surface area contributed by atoms with Crippen LogP contribution < -0.4 is 5.73 Å². The van der Waals surface area contributed by atoms with Crippen molar-refractivity contribution in [3.05, 3.63) is 12.2 Å². The number of primary amides is 1. The minimum atomic E-state index is -4.33. The average Bonchev–Trinajstić information content (AvgIpc) is 2.53. The van der Waals surface area contributed by atoms with Crippen LogP contribution in [0.25, 0.3) is 0 Å². The quantitative estimate of drug-likeness (QED) is 0.217. The minimum Gasteiger partial charge on any atom is -0.366 e. The van der Waals surface area contributed by atoms with E-state index in [0.717, 1.165) is 19.3 Å². The Kier molecular flexibility index (Phi) is 13.8. The Hall–Kier alpha value is -0.880. The molecular weight excluding hydrogens is 338 g/mol. The predicted octanol–water partition coefficient (Wildman–Crippen LogP) is 4.77. The van der Waals surface area contributed by atoms with Crippen LogP contribution in [0.4, 0.5) is 0 Å². The third kappa shape index (κ3) is 13.0. The third-order valence-electron chi connectivity index (χ3n) is 4.63. The molecule has 0 aromatic heterocycles. The second-order valence-corrected chi connectivity index (χ2v) is 8.52. The van der Waals surface area contributed by atoms with E-state index in [1.807, 2.05) is 0 Å². The van der Waals surface area contributed by atoms with Crippen LogP contribution in [0.15, 0.2) is 12.2 Å². The van der Waals surface area contributed by atoms with Gasteiger partial charge in [0.2, 0.25) is 5.91 Å². The summed E-state index contributed by atoms with van der Waals surface area (Å²) in [5.74, 6) is -0.877. The molecule has 0 aliphatic carbocycles. The molecule has 0 aliphatic heterocycles. The van der Waals surface area contributed by atoms with Gasteiger partial charge < -0.3 is 5.73 Å². The number of carbonyl (C=O) groups is 1. The Labute approximate surface area is 154 Å². The number of hydrogen-bond donors (Lipinski definition) is 2. The summed E-state index contributed by atoms with van der Waals surface area (Å²) in [5, 5.41) is -1.27. The van der Waals surface area contributed by atoms with Gasteiger partial charge in [-0.05, 0) is 6.42 Å². The fourth-order valence-corrected chi connectivity index (χ4v) is 3.95. The van der Waals surface area contributed by atoms with E-state index in [4.69, 9.17) is 5.73 Å². The fourth-order valence-electron chi connectivity index (χ4n) is 3.01. The lowest BCUT2D eigenvalue weighted by Crippen LogP contribution is -2.30. The first-order chi connectivity index (χ1) is 11.8. The van der Waals surface area contributed by atoms with Gasteiger partial charge in [0.25, 0.3) is 10.1 Å². The molecule has 0 aromatic rings. The fraction of sp³-hybridized carbons (Fsp3) is 0.842. The highest BCUT2D eigenvalue weighted by Crippen LogP contribution is 2.19. The molecule has 1 unspecified atom stereocenters. The normalized spacial score (nSPS) is 12.9. The van der Waals surface area contributed by atoms with Crippen LogP contribution in [-0.2, 0) is 14.9 Å². The molecule has 1 atom stereocenters. The zero-order chi connectivity index (χ0) is 19.1. The largest absolute Gasteiger partial charge is 0.366 e. The lowest BCUT2D eigenvalue weighted by Gasteiger charge is -2.14. The maximum absolute atomic E-state index is 11.3. The van der Waals surface area contributed by atoms with E-state index in [-0.39, 0.29) is 12.0 Å². The first-order valence-corrected chi connectivity index (χ1v) is 11.3. The maximum Gasteiger partial charge on any atom is 0.272 e. The molecule has 0 aliphatic rings. The topological polar surface area (TPSA) is 97.5 Å². The van der Waals surface area contributed by atoms with Crippen molar-refractivity contribution in [3.8, 4) is 0 Å². The summed E-state index contributed by atoms with van der Waals surface area (Å²) in [6.07, 6.45) is 15.7. The summed E-state index contributed by atoms with van der Waals surface area (Å²) >= 11 is 0. The van der Waals surface area contributed by atoms with E-state index in [1.54, 1.807) is 0 Å². The first-order valence-electron chi connectivity index (χ1n) is 9.75.